The number of nitrogens with one attached hydrogen (secondary N) is 1. The van der Waals surface area contributed by atoms with Crippen molar-refractivity contribution < 1.29 is 9.50 Å². The standard InChI is InChI=1S/C14H18FN3O/c1-9-11(8-18(3)17-9)7-16-10(2)13-5-4-12(15)6-14(13)19/h4-6,8,10,16,19H,7H2,1-3H3. The lowest BCUT2D eigenvalue weighted by molar-refractivity contribution is 0.446. The quantitative estimate of drug-likeness (QED) is 0.890. The number of nitrogens with zero attached hydrogens (tertiary/aromatic N) is 2. The van der Waals surface area contributed by atoms with E-state index in [4.69, 9.17) is 0 Å². The van der Waals surface area contributed by atoms with Gasteiger partial charge in [-0.15, -0.1) is 0 Å². The number of benzene rings is 1. The first-order chi connectivity index (χ1) is 8.97. The van der Waals surface area contributed by atoms with E-state index in [0.29, 0.717) is 12.1 Å². The van der Waals surface area contributed by atoms with Gasteiger partial charge in [0.15, 0.2) is 0 Å². The molecule has 1 unspecified atom stereocenters. The minimum Gasteiger partial charge on any atom is -0.508 e. The first-order valence-corrected chi connectivity index (χ1v) is 6.18. The molecule has 1 aromatic heterocycles. The Balaban J connectivity index is 2.05. The number of aromatic nitrogens is 2. The third-order valence-corrected chi connectivity index (χ3v) is 3.17. The van der Waals surface area contributed by atoms with Crippen molar-refractivity contribution >= 4 is 0 Å². The molecule has 102 valence electrons. The van der Waals surface area contributed by atoms with Gasteiger partial charge in [-0.2, -0.15) is 5.10 Å². The third-order valence-electron chi connectivity index (χ3n) is 3.17. The lowest BCUT2D eigenvalue weighted by atomic mass is 10.1. The maximum Gasteiger partial charge on any atom is 0.126 e. The Morgan fingerprint density at radius 2 is 2.21 bits per heavy atom. The maximum atomic E-state index is 12.9. The van der Waals surface area contributed by atoms with E-state index >= 15 is 0 Å². The Hall–Kier alpha value is -1.88. The highest BCUT2D eigenvalue weighted by Gasteiger charge is 2.12. The van der Waals surface area contributed by atoms with Crippen LogP contribution < -0.4 is 5.32 Å². The Bertz CT molecular complexity index is 580. The average molecular weight is 263 g/mol. The summed E-state index contributed by atoms with van der Waals surface area (Å²) < 4.78 is 14.7. The minimum absolute atomic E-state index is 0.0251. The van der Waals surface area contributed by atoms with Crippen LogP contribution in [0.2, 0.25) is 0 Å². The summed E-state index contributed by atoms with van der Waals surface area (Å²) in [6.45, 7) is 4.54. The van der Waals surface area contributed by atoms with E-state index in [-0.39, 0.29) is 11.8 Å². The summed E-state index contributed by atoms with van der Waals surface area (Å²) in [6, 6.07) is 4.00. The van der Waals surface area contributed by atoms with E-state index in [1.807, 2.05) is 27.1 Å². The van der Waals surface area contributed by atoms with Crippen molar-refractivity contribution in [3.05, 3.63) is 47.0 Å². The molecule has 1 aromatic carbocycles. The van der Waals surface area contributed by atoms with Gasteiger partial charge in [0, 0.05) is 43.0 Å². The number of aromatic hydroxyl groups is 1. The molecular formula is C14H18FN3O. The number of rotatable bonds is 4. The zero-order valence-electron chi connectivity index (χ0n) is 11.3. The molecule has 1 atom stereocenters. The molecule has 5 heteroatoms. The van der Waals surface area contributed by atoms with Crippen LogP contribution in [0.25, 0.3) is 0 Å². The summed E-state index contributed by atoms with van der Waals surface area (Å²) in [4.78, 5) is 0. The molecule has 2 N–H and O–H groups in total. The van der Waals surface area contributed by atoms with Crippen molar-refractivity contribution in [1.82, 2.24) is 15.1 Å². The monoisotopic (exact) mass is 263 g/mol. The van der Waals surface area contributed by atoms with Crippen molar-refractivity contribution in [2.24, 2.45) is 7.05 Å². The molecule has 0 spiro atoms. The van der Waals surface area contributed by atoms with Crippen LogP contribution in [0.3, 0.4) is 0 Å². The first-order valence-electron chi connectivity index (χ1n) is 6.18. The molecule has 1 heterocycles. The first kappa shape index (κ1) is 13.5. The molecule has 0 saturated carbocycles. The van der Waals surface area contributed by atoms with Crippen LogP contribution in [0.5, 0.6) is 5.75 Å². The average Bonchev–Trinajstić information content (AvgIpc) is 2.65. The summed E-state index contributed by atoms with van der Waals surface area (Å²) in [7, 11) is 1.88. The van der Waals surface area contributed by atoms with E-state index < -0.39 is 5.82 Å². The van der Waals surface area contributed by atoms with Gasteiger partial charge in [0.1, 0.15) is 11.6 Å². The van der Waals surface area contributed by atoms with Crippen LogP contribution in [-0.2, 0) is 13.6 Å². The second-order valence-electron chi connectivity index (χ2n) is 4.72. The summed E-state index contributed by atoms with van der Waals surface area (Å²) in [6.07, 6.45) is 1.96. The van der Waals surface area contributed by atoms with Gasteiger partial charge >= 0.3 is 0 Å². The molecule has 0 aliphatic carbocycles. The molecule has 0 aliphatic rings. The number of phenols is 1. The number of hydrogen-bond acceptors (Lipinski definition) is 3. The minimum atomic E-state index is -0.434. The molecule has 2 rings (SSSR count). The molecule has 2 aromatic rings. The fraction of sp³-hybridized carbons (Fsp3) is 0.357. The van der Waals surface area contributed by atoms with Crippen LogP contribution in [-0.4, -0.2) is 14.9 Å². The highest BCUT2D eigenvalue weighted by molar-refractivity contribution is 5.35. The van der Waals surface area contributed by atoms with Gasteiger partial charge in [-0.05, 0) is 19.9 Å². The van der Waals surface area contributed by atoms with Crippen LogP contribution in [0.4, 0.5) is 4.39 Å². The van der Waals surface area contributed by atoms with Gasteiger partial charge in [0.05, 0.1) is 5.69 Å². The zero-order chi connectivity index (χ0) is 14.0. The van der Waals surface area contributed by atoms with E-state index in [1.54, 1.807) is 10.7 Å². The van der Waals surface area contributed by atoms with Gasteiger partial charge in [0.25, 0.3) is 0 Å². The summed E-state index contributed by atoms with van der Waals surface area (Å²) in [5.74, 6) is -0.459. The van der Waals surface area contributed by atoms with Gasteiger partial charge in [-0.1, -0.05) is 6.07 Å². The van der Waals surface area contributed by atoms with Crippen molar-refractivity contribution in [2.45, 2.75) is 26.4 Å². The van der Waals surface area contributed by atoms with Crippen molar-refractivity contribution in [3.8, 4) is 5.75 Å². The van der Waals surface area contributed by atoms with Gasteiger partial charge in [-0.3, -0.25) is 4.68 Å². The van der Waals surface area contributed by atoms with Crippen LogP contribution in [0.1, 0.15) is 29.8 Å². The van der Waals surface area contributed by atoms with Crippen LogP contribution in [0.15, 0.2) is 24.4 Å². The van der Waals surface area contributed by atoms with Gasteiger partial charge < -0.3 is 10.4 Å². The molecule has 0 radical (unpaired) electrons. The fourth-order valence-electron chi connectivity index (χ4n) is 2.08. The summed E-state index contributed by atoms with van der Waals surface area (Å²) in [5, 5.41) is 17.3. The highest BCUT2D eigenvalue weighted by atomic mass is 19.1. The van der Waals surface area contributed by atoms with Crippen molar-refractivity contribution in [3.63, 3.8) is 0 Å². The number of phenolic OH excluding ortho intramolecular Hbond substituents is 1. The second-order valence-corrected chi connectivity index (χ2v) is 4.72. The Morgan fingerprint density at radius 1 is 1.47 bits per heavy atom. The SMILES string of the molecule is Cc1nn(C)cc1CNC(C)c1ccc(F)cc1O. The molecule has 0 saturated heterocycles. The Morgan fingerprint density at radius 3 is 2.79 bits per heavy atom. The molecular weight excluding hydrogens is 245 g/mol. The fourth-order valence-corrected chi connectivity index (χ4v) is 2.08. The maximum absolute atomic E-state index is 12.9. The predicted molar refractivity (Wildman–Crippen MR) is 71.3 cm³/mol. The number of hydrogen-bond donors (Lipinski definition) is 2. The molecule has 4 nitrogen and oxygen atoms in total. The van der Waals surface area contributed by atoms with E-state index in [1.165, 1.54) is 6.07 Å². The van der Waals surface area contributed by atoms with Gasteiger partial charge in [-0.25, -0.2) is 4.39 Å². The second kappa shape index (κ2) is 5.40. The van der Waals surface area contributed by atoms with Crippen molar-refractivity contribution in [2.75, 3.05) is 0 Å². The number of halogens is 1. The highest BCUT2D eigenvalue weighted by Crippen LogP contribution is 2.24. The molecule has 0 fully saturated rings. The lowest BCUT2D eigenvalue weighted by Crippen LogP contribution is -2.18. The van der Waals surface area contributed by atoms with Crippen LogP contribution in [0, 0.1) is 12.7 Å². The molecule has 0 bridgehead atoms. The molecule has 0 aliphatic heterocycles. The van der Waals surface area contributed by atoms with Crippen molar-refractivity contribution in [1.29, 1.82) is 0 Å². The summed E-state index contributed by atoms with van der Waals surface area (Å²) >= 11 is 0. The predicted octanol–water partition coefficient (Wildman–Crippen LogP) is 2.42. The normalized spacial score (nSPS) is 12.6. The molecule has 19 heavy (non-hydrogen) atoms. The third kappa shape index (κ3) is 3.12. The van der Waals surface area contributed by atoms with E-state index in [0.717, 1.165) is 17.3 Å². The van der Waals surface area contributed by atoms with E-state index in [2.05, 4.69) is 10.4 Å². The zero-order valence-corrected chi connectivity index (χ0v) is 11.3. The van der Waals surface area contributed by atoms with E-state index in [9.17, 15) is 9.50 Å². The Kier molecular flexibility index (Phi) is 3.85. The number of aryl methyl sites for hydroxylation is 2. The largest absolute Gasteiger partial charge is 0.508 e. The topological polar surface area (TPSA) is 50.1 Å². The van der Waals surface area contributed by atoms with Crippen LogP contribution >= 0.6 is 0 Å². The van der Waals surface area contributed by atoms with Gasteiger partial charge in [0.2, 0.25) is 0 Å². The lowest BCUT2D eigenvalue weighted by Gasteiger charge is -2.15. The smallest absolute Gasteiger partial charge is 0.126 e. The molecule has 0 amide bonds. The summed E-state index contributed by atoms with van der Waals surface area (Å²) in [5.41, 5.74) is 2.77. The Labute approximate surface area is 111 Å².